The van der Waals surface area contributed by atoms with Crippen molar-refractivity contribution in [2.24, 2.45) is 4.99 Å². The Kier molecular flexibility index (Phi) is 7.25. The molecular weight excluding hydrogens is 316 g/mol. The van der Waals surface area contributed by atoms with E-state index in [9.17, 15) is 0 Å². The first-order chi connectivity index (χ1) is 11.6. The average Bonchev–Trinajstić information content (AvgIpc) is 2.94. The molecule has 1 atom stereocenters. The summed E-state index contributed by atoms with van der Waals surface area (Å²) in [7, 11) is 0. The van der Waals surface area contributed by atoms with Crippen molar-refractivity contribution in [1.29, 1.82) is 0 Å². The second-order valence-corrected chi connectivity index (χ2v) is 7.45. The van der Waals surface area contributed by atoms with Crippen molar-refractivity contribution in [2.45, 2.75) is 46.6 Å². The smallest absolute Gasteiger partial charge is 0.191 e. The van der Waals surface area contributed by atoms with Crippen molar-refractivity contribution >= 4 is 17.3 Å². The van der Waals surface area contributed by atoms with Crippen molar-refractivity contribution in [1.82, 2.24) is 15.6 Å². The van der Waals surface area contributed by atoms with Gasteiger partial charge in [0, 0.05) is 47.2 Å². The summed E-state index contributed by atoms with van der Waals surface area (Å²) in [5.41, 5.74) is 2.28. The van der Waals surface area contributed by atoms with Crippen LogP contribution >= 0.6 is 11.3 Å². The predicted molar refractivity (Wildman–Crippen MR) is 104 cm³/mol. The average molecular weight is 345 g/mol. The van der Waals surface area contributed by atoms with Gasteiger partial charge in [-0.3, -0.25) is 9.98 Å². The third-order valence-electron chi connectivity index (χ3n) is 3.67. The van der Waals surface area contributed by atoms with Crippen LogP contribution in [-0.4, -0.2) is 30.1 Å². The second kappa shape index (κ2) is 9.42. The number of guanidine groups is 1. The summed E-state index contributed by atoms with van der Waals surface area (Å²) in [5, 5.41) is 6.83. The van der Waals surface area contributed by atoms with Crippen molar-refractivity contribution < 1.29 is 0 Å². The van der Waals surface area contributed by atoms with Crippen LogP contribution in [0.15, 0.2) is 35.5 Å². The van der Waals surface area contributed by atoms with E-state index in [0.29, 0.717) is 6.04 Å². The summed E-state index contributed by atoms with van der Waals surface area (Å²) in [6, 6.07) is 8.92. The van der Waals surface area contributed by atoms with Gasteiger partial charge in [-0.15, -0.1) is 11.3 Å². The van der Waals surface area contributed by atoms with E-state index >= 15 is 0 Å². The Hall–Kier alpha value is -1.88. The molecule has 0 amide bonds. The van der Waals surface area contributed by atoms with Crippen molar-refractivity contribution in [3.05, 3.63) is 51.5 Å². The molecule has 0 spiro atoms. The van der Waals surface area contributed by atoms with Crippen LogP contribution in [-0.2, 0) is 12.8 Å². The highest BCUT2D eigenvalue weighted by atomic mass is 32.1. The summed E-state index contributed by atoms with van der Waals surface area (Å²) >= 11 is 1.87. The van der Waals surface area contributed by atoms with Crippen LogP contribution in [0.2, 0.25) is 0 Å². The number of aliphatic imine (C=N–C) groups is 1. The van der Waals surface area contributed by atoms with Gasteiger partial charge in [-0.2, -0.15) is 0 Å². The number of hydrogen-bond donors (Lipinski definition) is 2. The Morgan fingerprint density at radius 1 is 1.25 bits per heavy atom. The topological polar surface area (TPSA) is 49.3 Å². The maximum Gasteiger partial charge on any atom is 0.191 e. The zero-order valence-electron chi connectivity index (χ0n) is 15.1. The van der Waals surface area contributed by atoms with E-state index in [0.717, 1.165) is 37.6 Å². The normalized spacial score (nSPS) is 12.9. The molecule has 0 bridgehead atoms. The monoisotopic (exact) mass is 344 g/mol. The molecule has 0 aliphatic heterocycles. The van der Waals surface area contributed by atoms with E-state index in [1.165, 1.54) is 15.3 Å². The van der Waals surface area contributed by atoms with Crippen LogP contribution in [0, 0.1) is 13.8 Å². The molecule has 0 radical (unpaired) electrons. The lowest BCUT2D eigenvalue weighted by Gasteiger charge is -2.17. The Morgan fingerprint density at radius 2 is 2.08 bits per heavy atom. The molecule has 0 aromatic carbocycles. The molecule has 0 aliphatic rings. The van der Waals surface area contributed by atoms with Gasteiger partial charge in [0.25, 0.3) is 0 Å². The van der Waals surface area contributed by atoms with Gasteiger partial charge in [-0.05, 0) is 57.9 Å². The minimum Gasteiger partial charge on any atom is -0.357 e. The van der Waals surface area contributed by atoms with E-state index < -0.39 is 0 Å². The Bertz CT molecular complexity index is 646. The van der Waals surface area contributed by atoms with Gasteiger partial charge in [-0.1, -0.05) is 6.07 Å². The number of nitrogens with one attached hydrogen (secondary N) is 2. The van der Waals surface area contributed by atoms with Gasteiger partial charge in [0.2, 0.25) is 0 Å². The van der Waals surface area contributed by atoms with Gasteiger partial charge in [-0.25, -0.2) is 0 Å². The molecular formula is C19H28N4S. The van der Waals surface area contributed by atoms with E-state index in [4.69, 9.17) is 0 Å². The molecule has 2 aromatic heterocycles. The number of rotatable bonds is 7. The van der Waals surface area contributed by atoms with Crippen LogP contribution in [0.4, 0.5) is 0 Å². The standard InChI is InChI=1S/C19H28N4S/c1-5-20-19(21-11-10-17-8-6-14(2)22-13-17)23-15(3)12-18-9-7-16(4)24-18/h6-9,13,15H,5,10-12H2,1-4H3,(H2,20,21,23). The lowest BCUT2D eigenvalue weighted by molar-refractivity contribution is 0.645. The number of thiophene rings is 1. The van der Waals surface area contributed by atoms with Crippen LogP contribution < -0.4 is 10.6 Å². The number of pyridine rings is 1. The summed E-state index contributed by atoms with van der Waals surface area (Å²) in [6.07, 6.45) is 3.86. The third kappa shape index (κ3) is 6.32. The molecule has 0 fully saturated rings. The SMILES string of the molecule is CCNC(=NCCc1ccc(C)nc1)NC(C)Cc1ccc(C)s1. The molecule has 24 heavy (non-hydrogen) atoms. The van der Waals surface area contributed by atoms with Crippen LogP contribution in [0.5, 0.6) is 0 Å². The number of nitrogens with zero attached hydrogens (tertiary/aromatic N) is 2. The molecule has 2 heterocycles. The number of aromatic nitrogens is 1. The summed E-state index contributed by atoms with van der Waals surface area (Å²) < 4.78 is 0. The van der Waals surface area contributed by atoms with Crippen molar-refractivity contribution in [3.63, 3.8) is 0 Å². The van der Waals surface area contributed by atoms with Crippen molar-refractivity contribution in [3.8, 4) is 0 Å². The molecule has 4 nitrogen and oxygen atoms in total. The predicted octanol–water partition coefficient (Wildman–Crippen LogP) is 3.49. The molecule has 2 aromatic rings. The zero-order chi connectivity index (χ0) is 17.4. The largest absolute Gasteiger partial charge is 0.357 e. The summed E-state index contributed by atoms with van der Waals surface area (Å²) in [6.45, 7) is 10.1. The van der Waals surface area contributed by atoms with E-state index in [-0.39, 0.29) is 0 Å². The minimum absolute atomic E-state index is 0.349. The molecule has 1 unspecified atom stereocenters. The van der Waals surface area contributed by atoms with Gasteiger partial charge in [0.15, 0.2) is 5.96 Å². The summed E-state index contributed by atoms with van der Waals surface area (Å²) in [5.74, 6) is 0.887. The van der Waals surface area contributed by atoms with Gasteiger partial charge in [0.05, 0.1) is 0 Å². The highest BCUT2D eigenvalue weighted by Gasteiger charge is 2.07. The van der Waals surface area contributed by atoms with Gasteiger partial charge < -0.3 is 10.6 Å². The second-order valence-electron chi connectivity index (χ2n) is 6.08. The van der Waals surface area contributed by atoms with Gasteiger partial charge in [0.1, 0.15) is 0 Å². The van der Waals surface area contributed by atoms with Gasteiger partial charge >= 0.3 is 0 Å². The first kappa shape index (κ1) is 18.5. The quantitative estimate of drug-likeness (QED) is 0.597. The van der Waals surface area contributed by atoms with Crippen molar-refractivity contribution in [2.75, 3.05) is 13.1 Å². The summed E-state index contributed by atoms with van der Waals surface area (Å²) in [4.78, 5) is 11.8. The highest BCUT2D eigenvalue weighted by Crippen LogP contribution is 2.16. The third-order valence-corrected chi connectivity index (χ3v) is 4.70. The lowest BCUT2D eigenvalue weighted by atomic mass is 10.2. The molecule has 2 rings (SSSR count). The molecule has 0 saturated carbocycles. The lowest BCUT2D eigenvalue weighted by Crippen LogP contribution is -2.43. The van der Waals surface area contributed by atoms with E-state index in [2.05, 4.69) is 59.6 Å². The van der Waals surface area contributed by atoms with E-state index in [1.54, 1.807) is 0 Å². The molecule has 5 heteroatoms. The first-order valence-electron chi connectivity index (χ1n) is 8.58. The molecule has 130 valence electrons. The maximum absolute atomic E-state index is 4.69. The Labute approximate surface area is 149 Å². The fraction of sp³-hybridized carbons (Fsp3) is 0.474. The molecule has 0 aliphatic carbocycles. The maximum atomic E-state index is 4.69. The fourth-order valence-corrected chi connectivity index (χ4v) is 3.46. The van der Waals surface area contributed by atoms with E-state index in [1.807, 2.05) is 30.5 Å². The molecule has 2 N–H and O–H groups in total. The van der Waals surface area contributed by atoms with Crippen LogP contribution in [0.1, 0.15) is 34.9 Å². The Morgan fingerprint density at radius 3 is 2.71 bits per heavy atom. The van der Waals surface area contributed by atoms with Crippen LogP contribution in [0.25, 0.3) is 0 Å². The zero-order valence-corrected chi connectivity index (χ0v) is 15.9. The minimum atomic E-state index is 0.349. The van der Waals surface area contributed by atoms with Crippen LogP contribution in [0.3, 0.4) is 0 Å². The highest BCUT2D eigenvalue weighted by molar-refractivity contribution is 7.11. The number of aryl methyl sites for hydroxylation is 2. The fourth-order valence-electron chi connectivity index (χ4n) is 2.44. The first-order valence-corrected chi connectivity index (χ1v) is 9.40. The number of hydrogen-bond acceptors (Lipinski definition) is 3. The Balaban J connectivity index is 1.86. The molecule has 0 saturated heterocycles.